The summed E-state index contributed by atoms with van der Waals surface area (Å²) < 4.78 is 0. The quantitative estimate of drug-likeness (QED) is 0.636. The Balaban J connectivity index is 1.47. The average Bonchev–Trinajstić information content (AvgIpc) is 3.29. The summed E-state index contributed by atoms with van der Waals surface area (Å²) in [7, 11) is 0. The molecule has 1 N–H and O–H groups in total. The monoisotopic (exact) mass is 395 g/mol. The second kappa shape index (κ2) is 7.77. The van der Waals surface area contributed by atoms with Crippen molar-refractivity contribution >= 4 is 11.6 Å². The summed E-state index contributed by atoms with van der Waals surface area (Å²) in [6, 6.07) is 11.0. The molecule has 4 heteroatoms. The molecule has 2 bridgehead atoms. The Bertz CT molecular complexity index is 772. The zero-order chi connectivity index (χ0) is 20.6. The van der Waals surface area contributed by atoms with Crippen molar-refractivity contribution in [1.82, 2.24) is 10.3 Å². The molecule has 4 nitrogen and oxygen atoms in total. The van der Waals surface area contributed by atoms with Crippen LogP contribution in [0.1, 0.15) is 84.2 Å². The molecule has 0 spiro atoms. The van der Waals surface area contributed by atoms with E-state index >= 15 is 0 Å². The molecule has 2 saturated carbocycles. The highest BCUT2D eigenvalue weighted by atomic mass is 16.2. The fraction of sp³-hybridized carbons (Fsp3) is 0.680. The number of hydrogen-bond acceptors (Lipinski definition) is 3. The molecule has 1 aliphatic heterocycles. The summed E-state index contributed by atoms with van der Waals surface area (Å²) in [5.41, 5.74) is 2.47. The van der Waals surface area contributed by atoms with Crippen LogP contribution >= 0.6 is 0 Å². The first-order valence-electron chi connectivity index (χ1n) is 11.6. The van der Waals surface area contributed by atoms with E-state index in [1.807, 2.05) is 6.07 Å². The molecular weight excluding hydrogens is 358 g/mol. The van der Waals surface area contributed by atoms with Gasteiger partial charge in [0.05, 0.1) is 6.04 Å². The molecule has 3 aliphatic rings. The van der Waals surface area contributed by atoms with Gasteiger partial charge in [-0.2, -0.15) is 5.10 Å². The lowest BCUT2D eigenvalue weighted by atomic mass is 9.69. The number of hydrogen-bond donors (Lipinski definition) is 1. The number of nitrogens with one attached hydrogen (secondary N) is 1. The molecular formula is C25H37N3O. The van der Waals surface area contributed by atoms with Gasteiger partial charge in [-0.1, -0.05) is 70.9 Å². The highest BCUT2D eigenvalue weighted by Gasteiger charge is 2.61. The normalized spacial score (nSPS) is 32.5. The lowest BCUT2D eigenvalue weighted by Gasteiger charge is -2.39. The number of carbonyl (C=O) groups excluding carboxylic acids is 1. The molecule has 1 heterocycles. The fourth-order valence-corrected chi connectivity index (χ4v) is 6.05. The Morgan fingerprint density at radius 2 is 1.97 bits per heavy atom. The smallest absolute Gasteiger partial charge is 0.267 e. The van der Waals surface area contributed by atoms with Gasteiger partial charge >= 0.3 is 0 Å². The van der Waals surface area contributed by atoms with Gasteiger partial charge in [-0.15, -0.1) is 0 Å². The Morgan fingerprint density at radius 3 is 2.59 bits per heavy atom. The number of benzene rings is 1. The van der Waals surface area contributed by atoms with Gasteiger partial charge in [-0.05, 0) is 48.0 Å². The van der Waals surface area contributed by atoms with Gasteiger partial charge < -0.3 is 5.32 Å². The molecule has 29 heavy (non-hydrogen) atoms. The van der Waals surface area contributed by atoms with Crippen molar-refractivity contribution in [3.63, 3.8) is 0 Å². The lowest BCUT2D eigenvalue weighted by Crippen LogP contribution is -2.48. The first kappa shape index (κ1) is 20.4. The van der Waals surface area contributed by atoms with Gasteiger partial charge in [0.15, 0.2) is 0 Å². The van der Waals surface area contributed by atoms with E-state index in [-0.39, 0.29) is 23.4 Å². The Labute approximate surface area is 176 Å². The van der Waals surface area contributed by atoms with E-state index in [4.69, 9.17) is 5.10 Å². The van der Waals surface area contributed by atoms with Crippen molar-refractivity contribution in [2.24, 2.45) is 21.8 Å². The van der Waals surface area contributed by atoms with Crippen molar-refractivity contribution in [3.8, 4) is 0 Å². The van der Waals surface area contributed by atoms with Crippen LogP contribution in [0, 0.1) is 16.7 Å². The first-order chi connectivity index (χ1) is 13.9. The third-order valence-electron chi connectivity index (χ3n) is 8.53. The molecule has 1 aromatic rings. The van der Waals surface area contributed by atoms with Gasteiger partial charge in [-0.25, -0.2) is 0 Å². The molecule has 0 aromatic heterocycles. The van der Waals surface area contributed by atoms with E-state index in [0.29, 0.717) is 17.5 Å². The van der Waals surface area contributed by atoms with Crippen LogP contribution in [0.4, 0.5) is 0 Å². The van der Waals surface area contributed by atoms with Crippen LogP contribution in [-0.2, 0) is 4.79 Å². The highest BCUT2D eigenvalue weighted by molar-refractivity contribution is 6.39. The van der Waals surface area contributed by atoms with Crippen molar-refractivity contribution < 1.29 is 4.79 Å². The van der Waals surface area contributed by atoms with E-state index in [1.165, 1.54) is 31.2 Å². The van der Waals surface area contributed by atoms with Crippen LogP contribution < -0.4 is 5.32 Å². The zero-order valence-corrected chi connectivity index (χ0v) is 18.6. The van der Waals surface area contributed by atoms with Crippen LogP contribution in [0.25, 0.3) is 0 Å². The average molecular weight is 396 g/mol. The predicted octanol–water partition coefficient (Wildman–Crippen LogP) is 5.31. The molecule has 1 unspecified atom stereocenters. The molecule has 2 fully saturated rings. The van der Waals surface area contributed by atoms with Gasteiger partial charge in [0, 0.05) is 19.0 Å². The summed E-state index contributed by atoms with van der Waals surface area (Å²) in [4.78, 5) is 13.2. The fourth-order valence-electron chi connectivity index (χ4n) is 6.05. The Morgan fingerprint density at radius 1 is 1.21 bits per heavy atom. The minimum Gasteiger partial charge on any atom is -0.348 e. The van der Waals surface area contributed by atoms with E-state index in [9.17, 15) is 4.79 Å². The molecule has 0 radical (unpaired) electrons. The molecule has 1 amide bonds. The number of carbonyl (C=O) groups is 1. The minimum atomic E-state index is 0.0542. The van der Waals surface area contributed by atoms with E-state index in [0.717, 1.165) is 25.3 Å². The summed E-state index contributed by atoms with van der Waals surface area (Å²) >= 11 is 0. The third-order valence-corrected chi connectivity index (χ3v) is 8.53. The van der Waals surface area contributed by atoms with Gasteiger partial charge in [0.25, 0.3) is 5.91 Å². The van der Waals surface area contributed by atoms with E-state index < -0.39 is 0 Å². The largest absolute Gasteiger partial charge is 0.348 e. The third kappa shape index (κ3) is 3.49. The zero-order valence-electron chi connectivity index (χ0n) is 18.6. The molecule has 4 rings (SSSR count). The maximum absolute atomic E-state index is 13.2. The highest BCUT2D eigenvalue weighted by Crippen LogP contribution is 2.65. The maximum atomic E-state index is 13.2. The maximum Gasteiger partial charge on any atom is 0.267 e. The second-order valence-electron chi connectivity index (χ2n) is 10.2. The molecule has 0 saturated heterocycles. The van der Waals surface area contributed by atoms with Crippen molar-refractivity contribution in [2.45, 2.75) is 84.7 Å². The second-order valence-corrected chi connectivity index (χ2v) is 10.2. The number of fused-ring (bicyclic) bond motifs is 2. The summed E-state index contributed by atoms with van der Waals surface area (Å²) in [5, 5.41) is 10.4. The Hall–Kier alpha value is -1.84. The van der Waals surface area contributed by atoms with Gasteiger partial charge in [0.1, 0.15) is 5.71 Å². The van der Waals surface area contributed by atoms with E-state index in [2.05, 4.69) is 62.3 Å². The van der Waals surface area contributed by atoms with Crippen LogP contribution in [-0.4, -0.2) is 29.2 Å². The number of unbranched alkanes of at least 4 members (excludes halogenated alkanes) is 2. The lowest BCUT2D eigenvalue weighted by molar-refractivity contribution is -0.116. The summed E-state index contributed by atoms with van der Waals surface area (Å²) in [5.74, 6) is 0.782. The topological polar surface area (TPSA) is 44.7 Å². The van der Waals surface area contributed by atoms with Crippen LogP contribution in [0.3, 0.4) is 0 Å². The van der Waals surface area contributed by atoms with Crippen LogP contribution in [0.2, 0.25) is 0 Å². The summed E-state index contributed by atoms with van der Waals surface area (Å²) in [6.07, 6.45) is 7.86. The molecule has 158 valence electrons. The van der Waals surface area contributed by atoms with Crippen molar-refractivity contribution in [3.05, 3.63) is 35.9 Å². The van der Waals surface area contributed by atoms with E-state index in [1.54, 1.807) is 0 Å². The van der Waals surface area contributed by atoms with Crippen molar-refractivity contribution in [2.75, 3.05) is 6.54 Å². The number of rotatable bonds is 7. The molecule has 1 aromatic carbocycles. The standard InChI is InChI=1S/C25H37N3O/c1-5-6-10-15-28-21(18-11-8-7-9-12-18)17-20(27-28)23(29)26-22-16-19-13-14-25(22,4)24(19,2)3/h7-9,11-12,19,21-22H,5-6,10,13-17H2,1-4H3,(H,26,29)/t19-,21?,22-,25-/m0/s1. The van der Waals surface area contributed by atoms with Crippen LogP contribution in [0.15, 0.2) is 35.4 Å². The van der Waals surface area contributed by atoms with Gasteiger partial charge in [0.2, 0.25) is 0 Å². The van der Waals surface area contributed by atoms with Crippen molar-refractivity contribution in [1.29, 1.82) is 0 Å². The minimum absolute atomic E-state index is 0.0542. The Kier molecular flexibility index (Phi) is 5.48. The number of hydrazone groups is 1. The van der Waals surface area contributed by atoms with Gasteiger partial charge in [-0.3, -0.25) is 9.80 Å². The number of nitrogens with zero attached hydrogens (tertiary/aromatic N) is 2. The molecule has 2 aliphatic carbocycles. The predicted molar refractivity (Wildman–Crippen MR) is 119 cm³/mol. The molecule has 4 atom stereocenters. The van der Waals surface area contributed by atoms with Crippen LogP contribution in [0.5, 0.6) is 0 Å². The SMILES string of the molecule is CCCCCN1N=C(C(=O)N[C@H]2C[C@@H]3CC[C@]2(C)C3(C)C)CC1c1ccccc1. The number of amides is 1. The first-order valence-corrected chi connectivity index (χ1v) is 11.6. The summed E-state index contributed by atoms with van der Waals surface area (Å²) in [6.45, 7) is 10.3.